The van der Waals surface area contributed by atoms with Crippen LogP contribution >= 0.6 is 0 Å². The van der Waals surface area contributed by atoms with Crippen molar-refractivity contribution in [2.75, 3.05) is 0 Å². The van der Waals surface area contributed by atoms with Crippen LogP contribution in [0, 0.1) is 5.92 Å². The summed E-state index contributed by atoms with van der Waals surface area (Å²) in [6.07, 6.45) is 5.05. The van der Waals surface area contributed by atoms with Gasteiger partial charge in [-0.25, -0.2) is 0 Å². The van der Waals surface area contributed by atoms with Crippen molar-refractivity contribution in [2.24, 2.45) is 5.92 Å². The molecular formula is C9H17BO. The molecule has 2 aliphatic rings. The molecule has 11 heavy (non-hydrogen) atoms. The molecule has 0 aromatic heterocycles. The van der Waals surface area contributed by atoms with Crippen molar-refractivity contribution >= 4 is 7.85 Å². The van der Waals surface area contributed by atoms with Crippen LogP contribution in [-0.2, 0) is 4.74 Å². The lowest BCUT2D eigenvalue weighted by Gasteiger charge is -2.28. The third-order valence-electron chi connectivity index (χ3n) is 3.76. The van der Waals surface area contributed by atoms with E-state index in [1.165, 1.54) is 25.7 Å². The van der Waals surface area contributed by atoms with Gasteiger partial charge in [-0.3, -0.25) is 0 Å². The van der Waals surface area contributed by atoms with E-state index in [0.29, 0.717) is 0 Å². The molecule has 0 N–H and O–H groups in total. The molecule has 2 bridgehead atoms. The molecule has 1 nitrogen and oxygen atoms in total. The lowest BCUT2D eigenvalue weighted by Crippen LogP contribution is -2.31. The Kier molecular flexibility index (Phi) is 1.42. The SMILES string of the molecule is BC12CCC(CC)(O1)C(C)C2. The minimum Gasteiger partial charge on any atom is -0.377 e. The van der Waals surface area contributed by atoms with Crippen LogP contribution in [0.15, 0.2) is 0 Å². The summed E-state index contributed by atoms with van der Waals surface area (Å²) in [5, 5.41) is 0. The highest BCUT2D eigenvalue weighted by molar-refractivity contribution is 6.15. The topological polar surface area (TPSA) is 9.23 Å². The number of ether oxygens (including phenoxy) is 1. The van der Waals surface area contributed by atoms with Crippen molar-refractivity contribution in [1.82, 2.24) is 0 Å². The summed E-state index contributed by atoms with van der Waals surface area (Å²) in [7, 11) is 2.27. The lowest BCUT2D eigenvalue weighted by atomic mass is 9.66. The molecule has 2 aliphatic heterocycles. The van der Waals surface area contributed by atoms with Gasteiger partial charge in [-0.15, -0.1) is 0 Å². The second-order valence-electron chi connectivity index (χ2n) is 4.58. The van der Waals surface area contributed by atoms with Gasteiger partial charge >= 0.3 is 0 Å². The maximum absolute atomic E-state index is 6.11. The van der Waals surface area contributed by atoms with Crippen LogP contribution in [0.3, 0.4) is 0 Å². The first kappa shape index (κ1) is 7.66. The van der Waals surface area contributed by atoms with Crippen molar-refractivity contribution in [3.05, 3.63) is 0 Å². The maximum Gasteiger partial charge on any atom is 0.143 e. The van der Waals surface area contributed by atoms with Gasteiger partial charge in [0.2, 0.25) is 0 Å². The lowest BCUT2D eigenvalue weighted by molar-refractivity contribution is -0.0235. The monoisotopic (exact) mass is 152 g/mol. The highest BCUT2D eigenvalue weighted by atomic mass is 16.5. The highest BCUT2D eigenvalue weighted by Gasteiger charge is 2.55. The molecule has 3 atom stereocenters. The Balaban J connectivity index is 2.25. The first-order valence-corrected chi connectivity index (χ1v) is 4.80. The van der Waals surface area contributed by atoms with Crippen molar-refractivity contribution in [3.8, 4) is 0 Å². The minimum absolute atomic E-state index is 0.245. The van der Waals surface area contributed by atoms with E-state index in [2.05, 4.69) is 21.7 Å². The molecule has 0 radical (unpaired) electrons. The van der Waals surface area contributed by atoms with Gasteiger partial charge in [0.05, 0.1) is 5.60 Å². The van der Waals surface area contributed by atoms with Crippen LogP contribution in [0.25, 0.3) is 0 Å². The van der Waals surface area contributed by atoms with Gasteiger partial charge in [0.25, 0.3) is 0 Å². The second-order valence-corrected chi connectivity index (χ2v) is 4.58. The molecule has 0 aromatic rings. The van der Waals surface area contributed by atoms with E-state index < -0.39 is 0 Å². The predicted molar refractivity (Wildman–Crippen MR) is 48.4 cm³/mol. The van der Waals surface area contributed by atoms with Crippen molar-refractivity contribution in [2.45, 2.75) is 50.6 Å². The van der Waals surface area contributed by atoms with E-state index in [4.69, 9.17) is 4.74 Å². The molecule has 62 valence electrons. The van der Waals surface area contributed by atoms with E-state index in [1.54, 1.807) is 0 Å². The van der Waals surface area contributed by atoms with Crippen molar-refractivity contribution in [1.29, 1.82) is 0 Å². The Morgan fingerprint density at radius 2 is 2.27 bits per heavy atom. The van der Waals surface area contributed by atoms with Gasteiger partial charge in [-0.05, 0) is 31.6 Å². The summed E-state index contributed by atoms with van der Waals surface area (Å²) in [4.78, 5) is 0. The molecule has 3 unspecified atom stereocenters. The van der Waals surface area contributed by atoms with Crippen molar-refractivity contribution in [3.63, 3.8) is 0 Å². The zero-order valence-corrected chi connectivity index (χ0v) is 7.81. The summed E-state index contributed by atoms with van der Waals surface area (Å²) in [5.74, 6) is 0.784. The van der Waals surface area contributed by atoms with Gasteiger partial charge in [0.15, 0.2) is 0 Å². The quantitative estimate of drug-likeness (QED) is 0.515. The highest BCUT2D eigenvalue weighted by Crippen LogP contribution is 2.53. The molecule has 0 spiro atoms. The Labute approximate surface area is 69.9 Å². The van der Waals surface area contributed by atoms with Gasteiger partial charge in [-0.1, -0.05) is 13.8 Å². The van der Waals surface area contributed by atoms with E-state index in [0.717, 1.165) is 5.92 Å². The molecule has 0 saturated carbocycles. The van der Waals surface area contributed by atoms with E-state index >= 15 is 0 Å². The van der Waals surface area contributed by atoms with Crippen LogP contribution in [0.5, 0.6) is 0 Å². The third-order valence-corrected chi connectivity index (χ3v) is 3.76. The second kappa shape index (κ2) is 2.04. The summed E-state index contributed by atoms with van der Waals surface area (Å²) in [6, 6.07) is 0. The number of rotatable bonds is 1. The van der Waals surface area contributed by atoms with Gasteiger partial charge in [0, 0.05) is 5.50 Å². The molecule has 2 heterocycles. The number of fused-ring (bicyclic) bond motifs is 2. The first-order valence-electron chi connectivity index (χ1n) is 4.80. The average Bonchev–Trinajstić information content (AvgIpc) is 2.39. The van der Waals surface area contributed by atoms with Gasteiger partial charge < -0.3 is 4.74 Å². The first-order chi connectivity index (χ1) is 5.10. The Hall–Kier alpha value is 0.0249. The van der Waals surface area contributed by atoms with E-state index in [1.807, 2.05) is 0 Å². The van der Waals surface area contributed by atoms with Crippen LogP contribution in [0.2, 0.25) is 0 Å². The summed E-state index contributed by atoms with van der Waals surface area (Å²) in [6.45, 7) is 4.60. The largest absolute Gasteiger partial charge is 0.377 e. The van der Waals surface area contributed by atoms with Gasteiger partial charge in [0.1, 0.15) is 7.85 Å². The normalized spacial score (nSPS) is 55.3. The molecule has 2 heteroatoms. The zero-order chi connectivity index (χ0) is 8.11. The van der Waals surface area contributed by atoms with Crippen molar-refractivity contribution < 1.29 is 4.74 Å². The smallest absolute Gasteiger partial charge is 0.143 e. The standard InChI is InChI=1S/C9H17BO/c1-3-8-4-5-9(10,11-8)6-7(8)2/h7H,3-6,10H2,1-2H3. The fourth-order valence-corrected chi connectivity index (χ4v) is 2.99. The average molecular weight is 152 g/mol. The Bertz CT molecular complexity index is 182. The van der Waals surface area contributed by atoms with E-state index in [-0.39, 0.29) is 11.1 Å². The van der Waals surface area contributed by atoms with Crippen LogP contribution in [-0.4, -0.2) is 18.9 Å². The number of hydrogen-bond donors (Lipinski definition) is 0. The van der Waals surface area contributed by atoms with Crippen LogP contribution in [0.4, 0.5) is 0 Å². The molecular weight excluding hydrogens is 135 g/mol. The molecule has 2 saturated heterocycles. The fourth-order valence-electron chi connectivity index (χ4n) is 2.99. The maximum atomic E-state index is 6.11. The van der Waals surface area contributed by atoms with Crippen LogP contribution in [0.1, 0.15) is 39.5 Å². The molecule has 2 rings (SSSR count). The minimum atomic E-state index is 0.245. The van der Waals surface area contributed by atoms with Crippen LogP contribution < -0.4 is 0 Å². The fraction of sp³-hybridized carbons (Fsp3) is 1.00. The molecule has 0 amide bonds. The molecule has 0 aromatic carbocycles. The summed E-state index contributed by atoms with van der Waals surface area (Å²) >= 11 is 0. The Morgan fingerprint density at radius 3 is 2.55 bits per heavy atom. The molecule has 2 fully saturated rings. The third kappa shape index (κ3) is 0.884. The van der Waals surface area contributed by atoms with Gasteiger partial charge in [-0.2, -0.15) is 0 Å². The predicted octanol–water partition coefficient (Wildman–Crippen LogP) is 1.31. The number of hydrogen-bond acceptors (Lipinski definition) is 1. The van der Waals surface area contributed by atoms with E-state index in [9.17, 15) is 0 Å². The zero-order valence-electron chi connectivity index (χ0n) is 7.81. The Morgan fingerprint density at radius 1 is 1.55 bits per heavy atom. The summed E-state index contributed by atoms with van der Waals surface area (Å²) in [5.41, 5.74) is 0.518. The summed E-state index contributed by atoms with van der Waals surface area (Å²) < 4.78 is 6.11. The molecule has 0 aliphatic carbocycles.